The number of rotatable bonds is 3. The maximum Gasteiger partial charge on any atom is 0.289 e. The van der Waals surface area contributed by atoms with Crippen LogP contribution in [0.5, 0.6) is 0 Å². The molecule has 0 saturated carbocycles. The summed E-state index contributed by atoms with van der Waals surface area (Å²) in [5.41, 5.74) is 2.61. The number of benzene rings is 1. The summed E-state index contributed by atoms with van der Waals surface area (Å²) in [4.78, 5) is 14.2. The van der Waals surface area contributed by atoms with Crippen LogP contribution in [0.2, 0.25) is 0 Å². The van der Waals surface area contributed by atoms with E-state index in [4.69, 9.17) is 4.42 Å². The van der Waals surface area contributed by atoms with Crippen molar-refractivity contribution in [3.8, 4) is 0 Å². The van der Waals surface area contributed by atoms with Crippen LogP contribution in [0.3, 0.4) is 0 Å². The molecule has 21 heavy (non-hydrogen) atoms. The average molecular weight is 283 g/mol. The van der Waals surface area contributed by atoms with Gasteiger partial charge in [-0.3, -0.25) is 9.48 Å². The SMILES string of the molecule is Cc1c(C(=O)N(C)Cc2cnn(C)c2)oc2ccccc12. The third kappa shape index (κ3) is 2.42. The Kier molecular flexibility index (Phi) is 3.25. The summed E-state index contributed by atoms with van der Waals surface area (Å²) in [5, 5.41) is 5.09. The van der Waals surface area contributed by atoms with Gasteiger partial charge in [0.25, 0.3) is 5.91 Å². The lowest BCUT2D eigenvalue weighted by Crippen LogP contribution is -2.26. The highest BCUT2D eigenvalue weighted by Crippen LogP contribution is 2.25. The summed E-state index contributed by atoms with van der Waals surface area (Å²) in [6.07, 6.45) is 3.66. The van der Waals surface area contributed by atoms with E-state index in [2.05, 4.69) is 5.10 Å². The van der Waals surface area contributed by atoms with Crippen molar-refractivity contribution < 1.29 is 9.21 Å². The molecule has 0 atom stereocenters. The molecule has 3 aromatic rings. The number of nitrogens with zero attached hydrogens (tertiary/aromatic N) is 3. The number of amides is 1. The molecule has 1 amide bonds. The van der Waals surface area contributed by atoms with Crippen molar-refractivity contribution in [3.05, 3.63) is 53.5 Å². The largest absolute Gasteiger partial charge is 0.451 e. The van der Waals surface area contributed by atoms with E-state index in [0.29, 0.717) is 12.3 Å². The Labute approximate surface area is 122 Å². The average Bonchev–Trinajstić information content (AvgIpc) is 3.03. The van der Waals surface area contributed by atoms with Crippen LogP contribution in [-0.4, -0.2) is 27.6 Å². The maximum absolute atomic E-state index is 12.6. The van der Waals surface area contributed by atoms with Crippen molar-refractivity contribution in [1.29, 1.82) is 0 Å². The molecule has 3 rings (SSSR count). The first kappa shape index (κ1) is 13.4. The molecule has 0 bridgehead atoms. The van der Waals surface area contributed by atoms with Crippen LogP contribution >= 0.6 is 0 Å². The van der Waals surface area contributed by atoms with Gasteiger partial charge in [0.05, 0.1) is 6.20 Å². The molecule has 0 aliphatic carbocycles. The molecule has 5 heteroatoms. The Morgan fingerprint density at radius 1 is 1.38 bits per heavy atom. The van der Waals surface area contributed by atoms with Crippen molar-refractivity contribution in [3.63, 3.8) is 0 Å². The molecule has 2 heterocycles. The van der Waals surface area contributed by atoms with Gasteiger partial charge in [0.1, 0.15) is 5.58 Å². The van der Waals surface area contributed by atoms with Gasteiger partial charge in [-0.1, -0.05) is 18.2 Å². The number of aryl methyl sites for hydroxylation is 2. The predicted molar refractivity (Wildman–Crippen MR) is 80.0 cm³/mol. The third-order valence-electron chi connectivity index (χ3n) is 3.56. The van der Waals surface area contributed by atoms with E-state index in [9.17, 15) is 4.79 Å². The molecule has 108 valence electrons. The molecule has 0 unspecified atom stereocenters. The fourth-order valence-electron chi connectivity index (χ4n) is 2.45. The molecule has 0 spiro atoms. The van der Waals surface area contributed by atoms with Gasteiger partial charge in [-0.05, 0) is 13.0 Å². The van der Waals surface area contributed by atoms with E-state index in [1.165, 1.54) is 0 Å². The standard InChI is InChI=1S/C16H17N3O2/c1-11-13-6-4-5-7-14(13)21-15(11)16(20)18(2)9-12-8-17-19(3)10-12/h4-8,10H,9H2,1-3H3. The highest BCUT2D eigenvalue weighted by molar-refractivity contribution is 5.98. The van der Waals surface area contributed by atoms with Crippen molar-refractivity contribution in [2.75, 3.05) is 7.05 Å². The van der Waals surface area contributed by atoms with Crippen LogP contribution in [0.1, 0.15) is 21.7 Å². The smallest absolute Gasteiger partial charge is 0.289 e. The molecular weight excluding hydrogens is 266 g/mol. The number of carbonyl (C=O) groups excluding carboxylic acids is 1. The van der Waals surface area contributed by atoms with E-state index < -0.39 is 0 Å². The van der Waals surface area contributed by atoms with E-state index in [0.717, 1.165) is 22.1 Å². The minimum absolute atomic E-state index is 0.118. The number of furan rings is 1. The fraction of sp³-hybridized carbons (Fsp3) is 0.250. The molecule has 0 fully saturated rings. The first-order chi connectivity index (χ1) is 10.1. The molecule has 0 radical (unpaired) electrons. The minimum atomic E-state index is -0.118. The van der Waals surface area contributed by atoms with E-state index in [1.807, 2.05) is 44.4 Å². The van der Waals surface area contributed by atoms with Gasteiger partial charge in [0.15, 0.2) is 5.76 Å². The van der Waals surface area contributed by atoms with Gasteiger partial charge < -0.3 is 9.32 Å². The van der Waals surface area contributed by atoms with Crippen LogP contribution in [0.15, 0.2) is 41.1 Å². The molecule has 0 aliphatic rings. The van der Waals surface area contributed by atoms with Gasteiger partial charge in [0, 0.05) is 43.4 Å². The van der Waals surface area contributed by atoms with Crippen molar-refractivity contribution in [2.24, 2.45) is 7.05 Å². The molecule has 2 aromatic heterocycles. The van der Waals surface area contributed by atoms with Crippen LogP contribution in [0.4, 0.5) is 0 Å². The Morgan fingerprint density at radius 2 is 2.14 bits per heavy atom. The highest BCUT2D eigenvalue weighted by Gasteiger charge is 2.21. The predicted octanol–water partition coefficient (Wildman–Crippen LogP) is 2.75. The molecule has 5 nitrogen and oxygen atoms in total. The zero-order valence-corrected chi connectivity index (χ0v) is 12.3. The number of fused-ring (bicyclic) bond motifs is 1. The van der Waals surface area contributed by atoms with Crippen LogP contribution < -0.4 is 0 Å². The monoisotopic (exact) mass is 283 g/mol. The van der Waals surface area contributed by atoms with Gasteiger partial charge in [-0.15, -0.1) is 0 Å². The Morgan fingerprint density at radius 3 is 2.81 bits per heavy atom. The van der Waals surface area contributed by atoms with Gasteiger partial charge in [-0.2, -0.15) is 5.10 Å². The van der Waals surface area contributed by atoms with Crippen LogP contribution in [0.25, 0.3) is 11.0 Å². The Bertz CT molecular complexity index is 801. The topological polar surface area (TPSA) is 51.3 Å². The van der Waals surface area contributed by atoms with Crippen LogP contribution in [0, 0.1) is 6.92 Å². The number of carbonyl (C=O) groups is 1. The van der Waals surface area contributed by atoms with E-state index in [1.54, 1.807) is 22.8 Å². The molecule has 0 saturated heterocycles. The summed E-state index contributed by atoms with van der Waals surface area (Å²) in [6, 6.07) is 7.68. The number of aromatic nitrogens is 2. The summed E-state index contributed by atoms with van der Waals surface area (Å²) in [7, 11) is 3.62. The quantitative estimate of drug-likeness (QED) is 0.742. The Balaban J connectivity index is 1.87. The fourth-order valence-corrected chi connectivity index (χ4v) is 2.45. The lowest BCUT2D eigenvalue weighted by Gasteiger charge is -2.14. The number of para-hydroxylation sites is 1. The molecule has 1 aromatic carbocycles. The lowest BCUT2D eigenvalue weighted by atomic mass is 10.1. The normalized spacial score (nSPS) is 11.0. The number of hydrogen-bond acceptors (Lipinski definition) is 3. The summed E-state index contributed by atoms with van der Waals surface area (Å²) in [6.45, 7) is 2.42. The summed E-state index contributed by atoms with van der Waals surface area (Å²) in [5.74, 6) is 0.287. The first-order valence-electron chi connectivity index (χ1n) is 6.77. The second-order valence-electron chi connectivity index (χ2n) is 5.24. The third-order valence-corrected chi connectivity index (χ3v) is 3.56. The molecule has 0 aliphatic heterocycles. The van der Waals surface area contributed by atoms with Gasteiger partial charge >= 0.3 is 0 Å². The number of hydrogen-bond donors (Lipinski definition) is 0. The van der Waals surface area contributed by atoms with Crippen molar-refractivity contribution >= 4 is 16.9 Å². The van der Waals surface area contributed by atoms with Gasteiger partial charge in [-0.25, -0.2) is 0 Å². The van der Waals surface area contributed by atoms with Crippen molar-refractivity contribution in [1.82, 2.24) is 14.7 Å². The van der Waals surface area contributed by atoms with E-state index in [-0.39, 0.29) is 5.91 Å². The zero-order valence-electron chi connectivity index (χ0n) is 12.3. The highest BCUT2D eigenvalue weighted by atomic mass is 16.3. The zero-order chi connectivity index (χ0) is 15.0. The first-order valence-corrected chi connectivity index (χ1v) is 6.77. The second kappa shape index (κ2) is 5.09. The Hall–Kier alpha value is -2.56. The summed E-state index contributed by atoms with van der Waals surface area (Å²) < 4.78 is 7.43. The van der Waals surface area contributed by atoms with Crippen LogP contribution in [-0.2, 0) is 13.6 Å². The van der Waals surface area contributed by atoms with Crippen molar-refractivity contribution in [2.45, 2.75) is 13.5 Å². The second-order valence-corrected chi connectivity index (χ2v) is 5.24. The lowest BCUT2D eigenvalue weighted by molar-refractivity contribution is 0.0755. The van der Waals surface area contributed by atoms with E-state index >= 15 is 0 Å². The van der Waals surface area contributed by atoms with Gasteiger partial charge in [0.2, 0.25) is 0 Å². The molecule has 0 N–H and O–H groups in total. The minimum Gasteiger partial charge on any atom is -0.451 e. The maximum atomic E-state index is 12.6. The summed E-state index contributed by atoms with van der Waals surface area (Å²) >= 11 is 0. The molecular formula is C16H17N3O2.